The second-order valence-electron chi connectivity index (χ2n) is 5.33. The van der Waals surface area contributed by atoms with Crippen LogP contribution in [-0.4, -0.2) is 38.9 Å². The lowest BCUT2D eigenvalue weighted by Gasteiger charge is -2.33. The predicted octanol–water partition coefficient (Wildman–Crippen LogP) is 1.14. The highest BCUT2D eigenvalue weighted by molar-refractivity contribution is 4.82. The summed E-state index contributed by atoms with van der Waals surface area (Å²) in [4.78, 5) is 0. The molecule has 1 saturated heterocycles. The van der Waals surface area contributed by atoms with Gasteiger partial charge in [0.25, 0.3) is 0 Å². The van der Waals surface area contributed by atoms with Crippen molar-refractivity contribution in [1.82, 2.24) is 10.6 Å². The smallest absolute Gasteiger partial charge is 0.0471 e. The Morgan fingerprint density at radius 1 is 1.20 bits per heavy atom. The quantitative estimate of drug-likeness (QED) is 0.648. The maximum Gasteiger partial charge on any atom is 0.0471 e. The highest BCUT2D eigenvalue weighted by atomic mass is 16.5. The molecule has 0 bridgehead atoms. The first-order chi connectivity index (χ1) is 7.29. The Hall–Kier alpha value is -0.120. The molecule has 0 atom stereocenters. The van der Waals surface area contributed by atoms with E-state index in [0.29, 0.717) is 5.41 Å². The third-order valence-corrected chi connectivity index (χ3v) is 3.56. The van der Waals surface area contributed by atoms with Crippen molar-refractivity contribution in [3.8, 4) is 0 Å². The fourth-order valence-corrected chi connectivity index (χ4v) is 2.08. The van der Waals surface area contributed by atoms with Crippen molar-refractivity contribution in [3.05, 3.63) is 0 Å². The van der Waals surface area contributed by atoms with Crippen molar-refractivity contribution < 1.29 is 4.74 Å². The lowest BCUT2D eigenvalue weighted by molar-refractivity contribution is 0.0242. The molecule has 1 saturated carbocycles. The van der Waals surface area contributed by atoms with Crippen molar-refractivity contribution in [3.63, 3.8) is 0 Å². The molecule has 3 heteroatoms. The molecule has 2 rings (SSSR count). The zero-order valence-electron chi connectivity index (χ0n) is 9.85. The molecule has 1 aliphatic heterocycles. The van der Waals surface area contributed by atoms with Gasteiger partial charge in [0.15, 0.2) is 0 Å². The van der Waals surface area contributed by atoms with Crippen LogP contribution in [0.1, 0.15) is 32.6 Å². The summed E-state index contributed by atoms with van der Waals surface area (Å²) in [5.41, 5.74) is 0.470. The topological polar surface area (TPSA) is 33.3 Å². The van der Waals surface area contributed by atoms with Gasteiger partial charge >= 0.3 is 0 Å². The van der Waals surface area contributed by atoms with E-state index in [1.165, 1.54) is 25.7 Å². The van der Waals surface area contributed by atoms with E-state index in [-0.39, 0.29) is 0 Å². The van der Waals surface area contributed by atoms with Gasteiger partial charge in [0, 0.05) is 38.9 Å². The van der Waals surface area contributed by atoms with Gasteiger partial charge in [0.05, 0.1) is 0 Å². The average molecular weight is 212 g/mol. The van der Waals surface area contributed by atoms with E-state index in [1.807, 2.05) is 0 Å². The van der Waals surface area contributed by atoms with Gasteiger partial charge in [0.1, 0.15) is 0 Å². The number of hydrogen-bond donors (Lipinski definition) is 2. The van der Waals surface area contributed by atoms with E-state index in [0.717, 1.165) is 38.9 Å². The van der Waals surface area contributed by atoms with Crippen molar-refractivity contribution >= 4 is 0 Å². The fraction of sp³-hybridized carbons (Fsp3) is 1.00. The van der Waals surface area contributed by atoms with Crippen LogP contribution in [0.2, 0.25) is 0 Å². The lowest BCUT2D eigenvalue weighted by atomic mass is 9.82. The average Bonchev–Trinajstić information content (AvgIpc) is 3.02. The zero-order chi connectivity index (χ0) is 10.6. The second-order valence-corrected chi connectivity index (χ2v) is 5.33. The molecule has 0 aromatic heterocycles. The van der Waals surface area contributed by atoms with Crippen LogP contribution in [0.15, 0.2) is 0 Å². The summed E-state index contributed by atoms with van der Waals surface area (Å²) in [6.45, 7) is 7.63. The monoisotopic (exact) mass is 212 g/mol. The van der Waals surface area contributed by atoms with Gasteiger partial charge in [-0.3, -0.25) is 0 Å². The Labute approximate surface area is 93.0 Å². The first-order valence-electron chi connectivity index (χ1n) is 6.30. The van der Waals surface area contributed by atoms with Crippen LogP contribution in [0.3, 0.4) is 0 Å². The normalized spacial score (nSPS) is 25.4. The van der Waals surface area contributed by atoms with Crippen LogP contribution in [0, 0.1) is 5.41 Å². The number of nitrogens with one attached hydrogen (secondary N) is 2. The minimum Gasteiger partial charge on any atom is -0.381 e. The standard InChI is InChI=1S/C12H24N2O/c1-12(4-8-15-9-5-12)10-13-6-7-14-11-2-3-11/h11,13-14H,2-10H2,1H3. The molecular formula is C12H24N2O. The van der Waals surface area contributed by atoms with Crippen LogP contribution in [0.5, 0.6) is 0 Å². The fourth-order valence-electron chi connectivity index (χ4n) is 2.08. The number of rotatable bonds is 6. The molecule has 0 aromatic rings. The van der Waals surface area contributed by atoms with Crippen LogP contribution >= 0.6 is 0 Å². The summed E-state index contributed by atoms with van der Waals surface area (Å²) < 4.78 is 5.39. The van der Waals surface area contributed by atoms with Gasteiger partial charge in [-0.1, -0.05) is 6.92 Å². The molecule has 2 N–H and O–H groups in total. The molecule has 1 aliphatic carbocycles. The molecule has 0 radical (unpaired) electrons. The zero-order valence-corrected chi connectivity index (χ0v) is 9.85. The highest BCUT2D eigenvalue weighted by Gasteiger charge is 2.26. The van der Waals surface area contributed by atoms with E-state index in [1.54, 1.807) is 0 Å². The minimum atomic E-state index is 0.470. The van der Waals surface area contributed by atoms with Gasteiger partial charge in [-0.2, -0.15) is 0 Å². The van der Waals surface area contributed by atoms with Crippen LogP contribution in [-0.2, 0) is 4.74 Å². The Bertz CT molecular complexity index is 186. The molecule has 15 heavy (non-hydrogen) atoms. The summed E-state index contributed by atoms with van der Waals surface area (Å²) in [7, 11) is 0. The SMILES string of the molecule is CC1(CNCCNC2CC2)CCOCC1. The third kappa shape index (κ3) is 4.09. The third-order valence-electron chi connectivity index (χ3n) is 3.56. The Morgan fingerprint density at radius 2 is 1.93 bits per heavy atom. The van der Waals surface area contributed by atoms with Crippen molar-refractivity contribution in [2.24, 2.45) is 5.41 Å². The van der Waals surface area contributed by atoms with Gasteiger partial charge in [-0.25, -0.2) is 0 Å². The van der Waals surface area contributed by atoms with Crippen LogP contribution < -0.4 is 10.6 Å². The lowest BCUT2D eigenvalue weighted by Crippen LogP contribution is -2.39. The molecule has 0 amide bonds. The Balaban J connectivity index is 1.51. The highest BCUT2D eigenvalue weighted by Crippen LogP contribution is 2.28. The maximum atomic E-state index is 5.39. The molecule has 88 valence electrons. The predicted molar refractivity (Wildman–Crippen MR) is 62.1 cm³/mol. The molecule has 2 aliphatic rings. The molecule has 0 unspecified atom stereocenters. The van der Waals surface area contributed by atoms with Crippen LogP contribution in [0.25, 0.3) is 0 Å². The van der Waals surface area contributed by atoms with Gasteiger partial charge in [0.2, 0.25) is 0 Å². The van der Waals surface area contributed by atoms with E-state index < -0.39 is 0 Å². The van der Waals surface area contributed by atoms with E-state index >= 15 is 0 Å². The van der Waals surface area contributed by atoms with Gasteiger partial charge < -0.3 is 15.4 Å². The first-order valence-corrected chi connectivity index (χ1v) is 6.30. The van der Waals surface area contributed by atoms with Crippen molar-refractivity contribution in [2.45, 2.75) is 38.6 Å². The molecule has 0 spiro atoms. The summed E-state index contributed by atoms with van der Waals surface area (Å²) in [6.07, 6.45) is 5.18. The first kappa shape index (κ1) is 11.4. The number of ether oxygens (including phenoxy) is 1. The van der Waals surface area contributed by atoms with Crippen molar-refractivity contribution in [2.75, 3.05) is 32.8 Å². The Morgan fingerprint density at radius 3 is 2.60 bits per heavy atom. The van der Waals surface area contributed by atoms with E-state index in [9.17, 15) is 0 Å². The molecular weight excluding hydrogens is 188 g/mol. The molecule has 1 heterocycles. The summed E-state index contributed by atoms with van der Waals surface area (Å²) in [5.74, 6) is 0. The second kappa shape index (κ2) is 5.28. The van der Waals surface area contributed by atoms with Crippen molar-refractivity contribution in [1.29, 1.82) is 0 Å². The minimum absolute atomic E-state index is 0.470. The summed E-state index contributed by atoms with van der Waals surface area (Å²) in [6, 6.07) is 0.838. The van der Waals surface area contributed by atoms with E-state index in [4.69, 9.17) is 4.74 Å². The summed E-state index contributed by atoms with van der Waals surface area (Å²) in [5, 5.41) is 7.08. The summed E-state index contributed by atoms with van der Waals surface area (Å²) >= 11 is 0. The van der Waals surface area contributed by atoms with Gasteiger partial charge in [-0.05, 0) is 31.1 Å². The van der Waals surface area contributed by atoms with Gasteiger partial charge in [-0.15, -0.1) is 0 Å². The molecule has 2 fully saturated rings. The number of hydrogen-bond acceptors (Lipinski definition) is 3. The van der Waals surface area contributed by atoms with E-state index in [2.05, 4.69) is 17.6 Å². The molecule has 0 aromatic carbocycles. The molecule has 3 nitrogen and oxygen atoms in total. The largest absolute Gasteiger partial charge is 0.381 e. The maximum absolute atomic E-state index is 5.39. The van der Waals surface area contributed by atoms with Crippen LogP contribution in [0.4, 0.5) is 0 Å². The Kier molecular flexibility index (Phi) is 4.00.